The predicted molar refractivity (Wildman–Crippen MR) is 114 cm³/mol. The highest BCUT2D eigenvalue weighted by atomic mass is 16.5. The van der Waals surface area contributed by atoms with E-state index in [4.69, 9.17) is 15.2 Å². The lowest BCUT2D eigenvalue weighted by Gasteiger charge is -2.27. The minimum absolute atomic E-state index is 0.101. The quantitative estimate of drug-likeness (QED) is 0.712. The van der Waals surface area contributed by atoms with Crippen molar-refractivity contribution in [3.63, 3.8) is 0 Å². The normalized spacial score (nSPS) is 18.3. The highest BCUT2D eigenvalue weighted by Crippen LogP contribution is 2.40. The molecule has 0 radical (unpaired) electrons. The molecular weight excluding hydrogens is 348 g/mol. The summed E-state index contributed by atoms with van der Waals surface area (Å²) >= 11 is 0. The average molecular weight is 383 g/mol. The molecule has 2 aliphatic rings. The summed E-state index contributed by atoms with van der Waals surface area (Å²) in [7, 11) is 3.57. The van der Waals surface area contributed by atoms with Crippen LogP contribution in [-0.2, 0) is 22.6 Å². The Morgan fingerprint density at radius 1 is 0.750 bits per heavy atom. The zero-order chi connectivity index (χ0) is 19.9. The first kappa shape index (κ1) is 21.0. The minimum atomic E-state index is 0.101. The Morgan fingerprint density at radius 3 is 1.46 bits per heavy atom. The zero-order valence-corrected chi connectivity index (χ0v) is 17.3. The Kier molecular flexibility index (Phi) is 7.24. The van der Waals surface area contributed by atoms with E-state index in [9.17, 15) is 0 Å². The molecule has 0 spiro atoms. The third kappa shape index (κ3) is 6.14. The standard InChI is InChI=1S/C19H23NO.C5H11NO/c1-21-19(12-13-19)16-20(14-17-8-4-2-5-9-17)15-18-10-6-3-7-11-18;1-7-5(4-6)2-3-5/h2-11H,12-16H2,1H3;2-4,6H2,1H3. The Morgan fingerprint density at radius 2 is 1.18 bits per heavy atom. The highest BCUT2D eigenvalue weighted by molar-refractivity contribution is 5.17. The third-order valence-electron chi connectivity index (χ3n) is 5.86. The number of methoxy groups -OCH3 is 2. The van der Waals surface area contributed by atoms with Gasteiger partial charge in [-0.25, -0.2) is 0 Å². The van der Waals surface area contributed by atoms with Gasteiger partial charge in [0.15, 0.2) is 0 Å². The van der Waals surface area contributed by atoms with E-state index in [0.29, 0.717) is 6.54 Å². The summed E-state index contributed by atoms with van der Waals surface area (Å²) in [5.74, 6) is 0. The molecule has 2 aromatic rings. The summed E-state index contributed by atoms with van der Waals surface area (Å²) in [4.78, 5) is 2.50. The smallest absolute Gasteiger partial charge is 0.0807 e. The van der Waals surface area contributed by atoms with Gasteiger partial charge in [-0.05, 0) is 36.8 Å². The van der Waals surface area contributed by atoms with Gasteiger partial charge in [-0.1, -0.05) is 60.7 Å². The van der Waals surface area contributed by atoms with Crippen molar-refractivity contribution in [3.05, 3.63) is 71.8 Å². The summed E-state index contributed by atoms with van der Waals surface area (Å²) < 4.78 is 10.8. The van der Waals surface area contributed by atoms with E-state index < -0.39 is 0 Å². The Balaban J connectivity index is 0.000000271. The fraction of sp³-hybridized carbons (Fsp3) is 0.500. The molecule has 0 aliphatic heterocycles. The van der Waals surface area contributed by atoms with Crippen molar-refractivity contribution in [1.29, 1.82) is 0 Å². The van der Waals surface area contributed by atoms with Gasteiger partial charge in [0, 0.05) is 40.4 Å². The molecule has 0 amide bonds. The van der Waals surface area contributed by atoms with Gasteiger partial charge in [-0.3, -0.25) is 4.90 Å². The molecule has 28 heavy (non-hydrogen) atoms. The lowest BCUT2D eigenvalue weighted by Crippen LogP contribution is -2.34. The second-order valence-electron chi connectivity index (χ2n) is 8.09. The fourth-order valence-corrected chi connectivity index (χ4v) is 3.46. The van der Waals surface area contributed by atoms with Crippen molar-refractivity contribution in [2.75, 3.05) is 27.3 Å². The van der Waals surface area contributed by atoms with Gasteiger partial charge >= 0.3 is 0 Å². The number of hydrogen-bond acceptors (Lipinski definition) is 4. The van der Waals surface area contributed by atoms with Gasteiger partial charge in [-0.15, -0.1) is 0 Å². The molecule has 0 heterocycles. The van der Waals surface area contributed by atoms with Crippen LogP contribution in [-0.4, -0.2) is 43.4 Å². The summed E-state index contributed by atoms with van der Waals surface area (Å²) in [6.07, 6.45) is 4.67. The summed E-state index contributed by atoms with van der Waals surface area (Å²) in [6, 6.07) is 21.4. The van der Waals surface area contributed by atoms with Crippen LogP contribution in [0.15, 0.2) is 60.7 Å². The molecule has 0 aromatic heterocycles. The maximum atomic E-state index is 5.71. The molecular formula is C24H34N2O2. The second kappa shape index (κ2) is 9.66. The van der Waals surface area contributed by atoms with Crippen LogP contribution in [0.3, 0.4) is 0 Å². The van der Waals surface area contributed by atoms with Crippen LogP contribution in [0.5, 0.6) is 0 Å². The molecule has 152 valence electrons. The lowest BCUT2D eigenvalue weighted by atomic mass is 10.1. The number of hydrogen-bond donors (Lipinski definition) is 1. The summed E-state index contributed by atoms with van der Waals surface area (Å²) in [5, 5.41) is 0. The molecule has 4 heteroatoms. The van der Waals surface area contributed by atoms with Crippen LogP contribution in [0.1, 0.15) is 36.8 Å². The number of nitrogens with two attached hydrogens (primary N) is 1. The largest absolute Gasteiger partial charge is 0.377 e. The van der Waals surface area contributed by atoms with Crippen molar-refractivity contribution in [2.24, 2.45) is 5.73 Å². The van der Waals surface area contributed by atoms with Crippen molar-refractivity contribution in [3.8, 4) is 0 Å². The topological polar surface area (TPSA) is 47.7 Å². The summed E-state index contributed by atoms with van der Waals surface area (Å²) in [5.41, 5.74) is 8.29. The maximum Gasteiger partial charge on any atom is 0.0807 e. The molecule has 0 saturated heterocycles. The molecule has 4 rings (SSSR count). The van der Waals surface area contributed by atoms with Crippen molar-refractivity contribution in [1.82, 2.24) is 4.90 Å². The molecule has 2 aliphatic carbocycles. The van der Waals surface area contributed by atoms with Crippen LogP contribution in [0, 0.1) is 0 Å². The first-order valence-corrected chi connectivity index (χ1v) is 10.2. The third-order valence-corrected chi connectivity index (χ3v) is 5.86. The number of benzene rings is 2. The van der Waals surface area contributed by atoms with Crippen LogP contribution in [0.25, 0.3) is 0 Å². The van der Waals surface area contributed by atoms with Gasteiger partial charge in [0.25, 0.3) is 0 Å². The van der Waals surface area contributed by atoms with Crippen LogP contribution >= 0.6 is 0 Å². The second-order valence-corrected chi connectivity index (χ2v) is 8.09. The van der Waals surface area contributed by atoms with Crippen LogP contribution in [0.2, 0.25) is 0 Å². The minimum Gasteiger partial charge on any atom is -0.377 e. The Bertz CT molecular complexity index is 650. The van der Waals surface area contributed by atoms with Crippen LogP contribution in [0.4, 0.5) is 0 Å². The van der Waals surface area contributed by atoms with Crippen molar-refractivity contribution >= 4 is 0 Å². The van der Waals surface area contributed by atoms with Gasteiger partial charge in [-0.2, -0.15) is 0 Å². The van der Waals surface area contributed by atoms with Gasteiger partial charge in [0.1, 0.15) is 0 Å². The first-order valence-electron chi connectivity index (χ1n) is 10.2. The molecule has 2 N–H and O–H groups in total. The first-order chi connectivity index (χ1) is 13.6. The SMILES string of the molecule is COC1(CN(Cc2ccccc2)Cc2ccccc2)CC1.COC1(CN)CC1. The van der Waals surface area contributed by atoms with Gasteiger partial charge < -0.3 is 15.2 Å². The van der Waals surface area contributed by atoms with E-state index in [0.717, 1.165) is 32.5 Å². The lowest BCUT2D eigenvalue weighted by molar-refractivity contribution is 0.0384. The van der Waals surface area contributed by atoms with E-state index in [1.54, 1.807) is 7.11 Å². The van der Waals surface area contributed by atoms with E-state index >= 15 is 0 Å². The number of ether oxygens (including phenoxy) is 2. The molecule has 0 bridgehead atoms. The monoisotopic (exact) mass is 382 g/mol. The molecule has 2 aromatic carbocycles. The molecule has 0 atom stereocenters. The van der Waals surface area contributed by atoms with E-state index in [-0.39, 0.29) is 11.2 Å². The van der Waals surface area contributed by atoms with Gasteiger partial charge in [0.2, 0.25) is 0 Å². The average Bonchev–Trinajstić information content (AvgIpc) is 3.66. The van der Waals surface area contributed by atoms with Crippen molar-refractivity contribution < 1.29 is 9.47 Å². The number of rotatable bonds is 9. The summed E-state index contributed by atoms with van der Waals surface area (Å²) in [6.45, 7) is 3.64. The van der Waals surface area contributed by atoms with Crippen molar-refractivity contribution in [2.45, 2.75) is 50.0 Å². The van der Waals surface area contributed by atoms with Crippen LogP contribution < -0.4 is 5.73 Å². The van der Waals surface area contributed by atoms with Gasteiger partial charge in [0.05, 0.1) is 11.2 Å². The molecule has 4 nitrogen and oxygen atoms in total. The Hall–Kier alpha value is -1.72. The predicted octanol–water partition coefficient (Wildman–Crippen LogP) is 3.99. The molecule has 2 fully saturated rings. The Labute approximate surface area is 169 Å². The van der Waals surface area contributed by atoms with E-state index in [2.05, 4.69) is 65.6 Å². The number of nitrogens with zero attached hydrogens (tertiary/aromatic N) is 1. The van der Waals surface area contributed by atoms with E-state index in [1.807, 2.05) is 7.11 Å². The highest BCUT2D eigenvalue weighted by Gasteiger charge is 2.44. The fourth-order valence-electron chi connectivity index (χ4n) is 3.46. The maximum absolute atomic E-state index is 5.71. The molecule has 0 unspecified atom stereocenters. The van der Waals surface area contributed by atoms with E-state index in [1.165, 1.54) is 24.0 Å². The molecule has 2 saturated carbocycles. The zero-order valence-electron chi connectivity index (χ0n) is 17.3.